The van der Waals surface area contributed by atoms with Crippen molar-refractivity contribution in [1.82, 2.24) is 20.9 Å². The zero-order chi connectivity index (χ0) is 31.8. The van der Waals surface area contributed by atoms with Gasteiger partial charge in [-0.25, -0.2) is 9.78 Å². The number of hydrogen-bond acceptors (Lipinski definition) is 8. The van der Waals surface area contributed by atoms with E-state index in [1.165, 1.54) is 36.7 Å². The van der Waals surface area contributed by atoms with E-state index in [1.54, 1.807) is 52.0 Å². The molecular weight excluding hydrogens is 568 g/mol. The van der Waals surface area contributed by atoms with Crippen LogP contribution in [0.2, 0.25) is 0 Å². The number of allylic oxidation sites excluding steroid dienone is 2. The molecule has 0 spiro atoms. The molecular formula is C32H46N4O6S. The molecule has 2 rings (SSSR count). The highest BCUT2D eigenvalue weighted by molar-refractivity contribution is 8.13. The number of amides is 3. The summed E-state index contributed by atoms with van der Waals surface area (Å²) in [6.45, 7) is 9.14. The Morgan fingerprint density at radius 2 is 1.84 bits per heavy atom. The van der Waals surface area contributed by atoms with Gasteiger partial charge in [-0.2, -0.15) is 0 Å². The van der Waals surface area contributed by atoms with Gasteiger partial charge in [0.2, 0.25) is 5.91 Å². The molecule has 43 heavy (non-hydrogen) atoms. The third-order valence-electron chi connectivity index (χ3n) is 6.70. The van der Waals surface area contributed by atoms with Gasteiger partial charge in [-0.3, -0.25) is 19.2 Å². The summed E-state index contributed by atoms with van der Waals surface area (Å²) in [7, 11) is 0. The van der Waals surface area contributed by atoms with Crippen molar-refractivity contribution in [2.24, 2.45) is 5.41 Å². The molecule has 3 amide bonds. The van der Waals surface area contributed by atoms with Crippen molar-refractivity contribution in [3.63, 3.8) is 0 Å². The van der Waals surface area contributed by atoms with Gasteiger partial charge in [0, 0.05) is 12.2 Å². The van der Waals surface area contributed by atoms with Gasteiger partial charge in [-0.1, -0.05) is 83.4 Å². The number of unbranched alkanes of at least 4 members (excludes halogenated alkanes) is 4. The van der Waals surface area contributed by atoms with Crippen LogP contribution in [0.25, 0.3) is 0 Å². The van der Waals surface area contributed by atoms with Gasteiger partial charge in [-0.15, -0.1) is 0 Å². The quantitative estimate of drug-likeness (QED) is 0.148. The molecule has 0 aromatic carbocycles. The summed E-state index contributed by atoms with van der Waals surface area (Å²) in [5.74, 6) is -1.77. The van der Waals surface area contributed by atoms with E-state index in [-0.39, 0.29) is 35.4 Å². The average molecular weight is 615 g/mol. The van der Waals surface area contributed by atoms with Gasteiger partial charge >= 0.3 is 5.97 Å². The summed E-state index contributed by atoms with van der Waals surface area (Å²) in [6, 6.07) is 3.73. The van der Waals surface area contributed by atoms with Gasteiger partial charge in [0.25, 0.3) is 11.8 Å². The third kappa shape index (κ3) is 13.1. The number of cyclic esters (lactones) is 1. The number of esters is 1. The Kier molecular flexibility index (Phi) is 15.2. The molecule has 0 aliphatic carbocycles. The average Bonchev–Trinajstić information content (AvgIpc) is 2.96. The zero-order valence-electron chi connectivity index (χ0n) is 26.0. The molecule has 11 heteroatoms. The van der Waals surface area contributed by atoms with Crippen LogP contribution in [0.1, 0.15) is 102 Å². The number of nitrogens with zero attached hydrogens (tertiary/aromatic N) is 1. The lowest BCUT2D eigenvalue weighted by molar-refractivity contribution is -0.154. The van der Waals surface area contributed by atoms with E-state index in [0.29, 0.717) is 24.3 Å². The molecule has 2 atom stereocenters. The zero-order valence-corrected chi connectivity index (χ0v) is 26.8. The van der Waals surface area contributed by atoms with Crippen LogP contribution in [0.5, 0.6) is 0 Å². The first-order valence-electron chi connectivity index (χ1n) is 15.0. The Bertz CT molecular complexity index is 1190. The fraction of sp³-hybridized carbons (Fsp3) is 0.562. The van der Waals surface area contributed by atoms with E-state index in [9.17, 15) is 24.0 Å². The number of nitrogens with one attached hydrogen (secondary N) is 3. The number of thioether (sulfide) groups is 1. The standard InChI is InChI=1S/C32H46N4O6S/c1-6-8-9-10-11-18-27(38)43-19-13-12-16-23-20-26(37)33-21-22-15-14-17-25(34-22)30(40)35-24(7-2)29(39)36-28(31(41)42-23)32(3,4)5/h7,12,14-17,23,28H,6,8-11,13,18-21H2,1-5H3,(H,33,37)(H,35,40)(H,36,39)/b16-12+,24-7-/t23-,28-/m1/s1. The van der Waals surface area contributed by atoms with E-state index in [4.69, 9.17) is 4.74 Å². The summed E-state index contributed by atoms with van der Waals surface area (Å²) in [6.07, 6.45) is 10.4. The number of rotatable bonds is 10. The minimum absolute atomic E-state index is 0.0379. The van der Waals surface area contributed by atoms with Gasteiger partial charge in [0.05, 0.1) is 18.7 Å². The minimum atomic E-state index is -1.08. The first kappa shape index (κ1) is 35.7. The number of carbonyl (C=O) groups excluding carboxylic acids is 5. The molecule has 10 nitrogen and oxygen atoms in total. The maximum Gasteiger partial charge on any atom is 0.329 e. The Morgan fingerprint density at radius 1 is 1.09 bits per heavy atom. The van der Waals surface area contributed by atoms with E-state index < -0.39 is 35.3 Å². The normalized spacial score (nSPS) is 20.0. The maximum atomic E-state index is 13.4. The van der Waals surface area contributed by atoms with Crippen molar-refractivity contribution < 1.29 is 28.7 Å². The smallest absolute Gasteiger partial charge is 0.329 e. The molecule has 0 saturated carbocycles. The second-order valence-electron chi connectivity index (χ2n) is 11.5. The van der Waals surface area contributed by atoms with Crippen LogP contribution in [0.4, 0.5) is 0 Å². The Labute approximate surface area is 259 Å². The molecule has 0 unspecified atom stereocenters. The van der Waals surface area contributed by atoms with Crippen LogP contribution in [0.3, 0.4) is 0 Å². The molecule has 2 heterocycles. The fourth-order valence-electron chi connectivity index (χ4n) is 4.23. The Hall–Kier alpha value is -3.47. The summed E-state index contributed by atoms with van der Waals surface area (Å²) in [5, 5.41) is 8.16. The Balaban J connectivity index is 2.18. The predicted molar refractivity (Wildman–Crippen MR) is 168 cm³/mol. The number of carbonyl (C=O) groups is 5. The molecule has 1 aromatic rings. The number of hydrogen-bond donors (Lipinski definition) is 3. The summed E-state index contributed by atoms with van der Waals surface area (Å²) >= 11 is 1.29. The lowest BCUT2D eigenvalue weighted by Gasteiger charge is -2.31. The number of ether oxygens (including phenoxy) is 1. The summed E-state index contributed by atoms with van der Waals surface area (Å²) < 4.78 is 5.76. The molecule has 1 aromatic heterocycles. The van der Waals surface area contributed by atoms with E-state index in [0.717, 1.165) is 19.3 Å². The van der Waals surface area contributed by atoms with Crippen LogP contribution < -0.4 is 16.0 Å². The second-order valence-corrected chi connectivity index (χ2v) is 12.7. The number of pyridine rings is 1. The van der Waals surface area contributed by atoms with Crippen molar-refractivity contribution in [3.05, 3.63) is 53.5 Å². The SMILES string of the molecule is C/C=C1\NC(=O)c2cccc(n2)CNC(=O)C[C@@H](/C=C/CCSC(=O)CCCCCCC)OC(=O)[C@H](C(C)(C)C)NC1=O. The highest BCUT2D eigenvalue weighted by Crippen LogP contribution is 2.22. The molecule has 236 valence electrons. The highest BCUT2D eigenvalue weighted by atomic mass is 32.2. The molecule has 1 aliphatic rings. The lowest BCUT2D eigenvalue weighted by atomic mass is 9.86. The van der Waals surface area contributed by atoms with Gasteiger partial charge in [0.1, 0.15) is 23.5 Å². The van der Waals surface area contributed by atoms with Crippen molar-refractivity contribution in [1.29, 1.82) is 0 Å². The van der Waals surface area contributed by atoms with E-state index in [1.807, 2.05) is 0 Å². The number of aromatic nitrogens is 1. The van der Waals surface area contributed by atoms with Crippen molar-refractivity contribution in [2.75, 3.05) is 5.75 Å². The topological polar surface area (TPSA) is 144 Å². The van der Waals surface area contributed by atoms with Crippen LogP contribution in [0.15, 0.2) is 42.1 Å². The lowest BCUT2D eigenvalue weighted by Crippen LogP contribution is -2.52. The van der Waals surface area contributed by atoms with Crippen LogP contribution >= 0.6 is 11.8 Å². The molecule has 0 fully saturated rings. The summed E-state index contributed by atoms with van der Waals surface area (Å²) in [4.78, 5) is 68.6. The first-order chi connectivity index (χ1) is 20.4. The molecule has 2 bridgehead atoms. The van der Waals surface area contributed by atoms with Gasteiger partial charge < -0.3 is 20.7 Å². The summed E-state index contributed by atoms with van der Waals surface area (Å²) in [5.41, 5.74) is -0.264. The monoisotopic (exact) mass is 614 g/mol. The number of fused-ring (bicyclic) bond motifs is 2. The van der Waals surface area contributed by atoms with Gasteiger partial charge in [0.15, 0.2) is 5.12 Å². The minimum Gasteiger partial charge on any atom is -0.456 e. The Morgan fingerprint density at radius 3 is 2.53 bits per heavy atom. The van der Waals surface area contributed by atoms with Crippen molar-refractivity contribution >= 4 is 40.6 Å². The second kappa shape index (κ2) is 18.3. The first-order valence-corrected chi connectivity index (χ1v) is 16.0. The third-order valence-corrected chi connectivity index (χ3v) is 7.67. The van der Waals surface area contributed by atoms with Crippen LogP contribution in [-0.2, 0) is 30.5 Å². The van der Waals surface area contributed by atoms with Crippen LogP contribution in [-0.4, -0.2) is 51.7 Å². The molecule has 1 aliphatic heterocycles. The largest absolute Gasteiger partial charge is 0.456 e. The fourth-order valence-corrected chi connectivity index (χ4v) is 5.00. The molecule has 0 saturated heterocycles. The van der Waals surface area contributed by atoms with Crippen molar-refractivity contribution in [3.8, 4) is 0 Å². The maximum absolute atomic E-state index is 13.4. The predicted octanol–water partition coefficient (Wildman–Crippen LogP) is 4.74. The van der Waals surface area contributed by atoms with Crippen LogP contribution in [0, 0.1) is 5.41 Å². The van der Waals surface area contributed by atoms with Crippen molar-refractivity contribution in [2.45, 2.75) is 105 Å². The van der Waals surface area contributed by atoms with E-state index in [2.05, 4.69) is 27.9 Å². The molecule has 0 radical (unpaired) electrons. The van der Waals surface area contributed by atoms with Gasteiger partial charge in [-0.05, 0) is 43.4 Å². The highest BCUT2D eigenvalue weighted by Gasteiger charge is 2.36. The molecule has 3 N–H and O–H groups in total. The van der Waals surface area contributed by atoms with E-state index >= 15 is 0 Å².